The van der Waals surface area contributed by atoms with Gasteiger partial charge in [0.25, 0.3) is 0 Å². The lowest BCUT2D eigenvalue weighted by Gasteiger charge is -2.40. The number of hydrogen-bond donors (Lipinski definition) is 2. The van der Waals surface area contributed by atoms with E-state index in [1.807, 2.05) is 12.1 Å². The summed E-state index contributed by atoms with van der Waals surface area (Å²) < 4.78 is 5.91. The number of ether oxygens (including phenoxy) is 1. The molecule has 0 unspecified atom stereocenters. The molecule has 0 radical (unpaired) electrons. The van der Waals surface area contributed by atoms with Crippen LogP contribution in [0.2, 0.25) is 0 Å². The third-order valence-corrected chi connectivity index (χ3v) is 7.02. The zero-order chi connectivity index (χ0) is 25.9. The molecule has 1 fully saturated rings. The third kappa shape index (κ3) is 5.85. The highest BCUT2D eigenvalue weighted by Crippen LogP contribution is 2.41. The summed E-state index contributed by atoms with van der Waals surface area (Å²) in [5, 5.41) is 20.2. The van der Waals surface area contributed by atoms with Crippen LogP contribution in [0.15, 0.2) is 48.8 Å². The SMILES string of the molecule is Cc1ccc(CCOc2ccc(-c3cnc(C)c([C@H](O)C(=O)O)c3N3CCC(C)(C)CC3)nc2)cc1. The van der Waals surface area contributed by atoms with E-state index in [1.165, 1.54) is 11.1 Å². The van der Waals surface area contributed by atoms with Crippen LogP contribution in [-0.2, 0) is 11.2 Å². The number of aryl methyl sites for hydroxylation is 2. The number of aliphatic carboxylic acids is 1. The quantitative estimate of drug-likeness (QED) is 0.453. The van der Waals surface area contributed by atoms with E-state index in [1.54, 1.807) is 19.3 Å². The number of pyridine rings is 2. The fourth-order valence-electron chi connectivity index (χ4n) is 4.59. The van der Waals surface area contributed by atoms with Gasteiger partial charge in [0, 0.05) is 42.5 Å². The molecular formula is C29H35N3O4. The van der Waals surface area contributed by atoms with Crippen LogP contribution in [-0.4, -0.2) is 45.8 Å². The second-order valence-electron chi connectivity index (χ2n) is 10.4. The van der Waals surface area contributed by atoms with E-state index in [-0.39, 0.29) is 5.41 Å². The van der Waals surface area contributed by atoms with E-state index in [4.69, 9.17) is 4.74 Å². The molecule has 2 N–H and O–H groups in total. The molecule has 3 aromatic rings. The van der Waals surface area contributed by atoms with Crippen molar-refractivity contribution in [3.63, 3.8) is 0 Å². The summed E-state index contributed by atoms with van der Waals surface area (Å²) in [4.78, 5) is 23.0. The number of benzene rings is 1. The molecule has 7 nitrogen and oxygen atoms in total. The van der Waals surface area contributed by atoms with E-state index >= 15 is 0 Å². The van der Waals surface area contributed by atoms with Gasteiger partial charge in [0.05, 0.1) is 24.2 Å². The molecule has 0 amide bonds. The van der Waals surface area contributed by atoms with Crippen molar-refractivity contribution in [1.82, 2.24) is 9.97 Å². The summed E-state index contributed by atoms with van der Waals surface area (Å²) in [6, 6.07) is 12.1. The van der Waals surface area contributed by atoms with Gasteiger partial charge in [-0.1, -0.05) is 43.7 Å². The van der Waals surface area contributed by atoms with Crippen LogP contribution in [0.1, 0.15) is 55.2 Å². The lowest BCUT2D eigenvalue weighted by molar-refractivity contribution is -0.147. The summed E-state index contributed by atoms with van der Waals surface area (Å²) in [5.41, 5.74) is 5.58. The van der Waals surface area contributed by atoms with Crippen molar-refractivity contribution in [3.05, 3.63) is 71.2 Å². The first-order chi connectivity index (χ1) is 17.1. The van der Waals surface area contributed by atoms with E-state index < -0.39 is 12.1 Å². The maximum atomic E-state index is 11.8. The molecular weight excluding hydrogens is 454 g/mol. The number of aliphatic hydroxyl groups is 1. The zero-order valence-electron chi connectivity index (χ0n) is 21.5. The topological polar surface area (TPSA) is 95.8 Å². The van der Waals surface area contributed by atoms with Gasteiger partial charge in [0.1, 0.15) is 5.75 Å². The smallest absolute Gasteiger partial charge is 0.337 e. The molecule has 4 rings (SSSR count). The standard InChI is InChI=1S/C29H35N3O4/c1-19-5-7-21(8-6-19)11-16-36-22-9-10-24(31-17-22)23-18-30-20(2)25(27(33)28(34)35)26(23)32-14-12-29(3,4)13-15-32/h5-10,17-18,27,33H,11-16H2,1-4H3,(H,34,35)/t27-/m0/s1. The Morgan fingerprint density at radius 3 is 2.36 bits per heavy atom. The third-order valence-electron chi connectivity index (χ3n) is 7.02. The maximum absolute atomic E-state index is 11.8. The highest BCUT2D eigenvalue weighted by Gasteiger charge is 2.32. The number of rotatable bonds is 8. The minimum absolute atomic E-state index is 0.222. The number of nitrogens with zero attached hydrogens (tertiary/aromatic N) is 3. The molecule has 3 heterocycles. The Bertz CT molecular complexity index is 1200. The molecule has 190 valence electrons. The Kier molecular flexibility index (Phi) is 7.59. The Morgan fingerprint density at radius 2 is 1.75 bits per heavy atom. The lowest BCUT2D eigenvalue weighted by Crippen LogP contribution is -2.38. The van der Waals surface area contributed by atoms with E-state index in [2.05, 4.69) is 59.9 Å². The summed E-state index contributed by atoms with van der Waals surface area (Å²) >= 11 is 0. The molecule has 1 saturated heterocycles. The van der Waals surface area contributed by atoms with E-state index in [0.29, 0.717) is 40.6 Å². The van der Waals surface area contributed by atoms with Gasteiger partial charge in [-0.15, -0.1) is 0 Å². The summed E-state index contributed by atoms with van der Waals surface area (Å²) in [7, 11) is 0. The molecule has 0 spiro atoms. The van der Waals surface area contributed by atoms with Crippen molar-refractivity contribution in [1.29, 1.82) is 0 Å². The van der Waals surface area contributed by atoms with Crippen LogP contribution < -0.4 is 9.64 Å². The number of aromatic nitrogens is 2. The van der Waals surface area contributed by atoms with Gasteiger partial charge in [-0.3, -0.25) is 9.97 Å². The minimum atomic E-state index is -1.66. The predicted molar refractivity (Wildman–Crippen MR) is 140 cm³/mol. The molecule has 1 aliphatic heterocycles. The fraction of sp³-hybridized carbons (Fsp3) is 0.414. The zero-order valence-corrected chi connectivity index (χ0v) is 21.5. The van der Waals surface area contributed by atoms with Crippen LogP contribution in [0.3, 0.4) is 0 Å². The number of hydrogen-bond acceptors (Lipinski definition) is 6. The average Bonchev–Trinajstić information content (AvgIpc) is 2.85. The van der Waals surface area contributed by atoms with Crippen molar-refractivity contribution in [2.75, 3.05) is 24.6 Å². The van der Waals surface area contributed by atoms with Gasteiger partial charge in [0.2, 0.25) is 0 Å². The molecule has 0 aliphatic carbocycles. The molecule has 1 aliphatic rings. The van der Waals surface area contributed by atoms with Gasteiger partial charge in [-0.05, 0) is 49.8 Å². The molecule has 1 aromatic carbocycles. The highest BCUT2D eigenvalue weighted by atomic mass is 16.5. The number of aliphatic hydroxyl groups excluding tert-OH is 1. The van der Waals surface area contributed by atoms with Crippen LogP contribution in [0, 0.1) is 19.3 Å². The Balaban J connectivity index is 1.59. The molecule has 2 aromatic heterocycles. The molecule has 36 heavy (non-hydrogen) atoms. The van der Waals surface area contributed by atoms with Gasteiger partial charge < -0.3 is 19.8 Å². The monoisotopic (exact) mass is 489 g/mol. The number of carboxylic acids is 1. The Labute approximate surface area is 212 Å². The van der Waals surface area contributed by atoms with Crippen molar-refractivity contribution in [2.45, 2.75) is 53.1 Å². The van der Waals surface area contributed by atoms with Gasteiger partial charge in [-0.25, -0.2) is 4.79 Å². The van der Waals surface area contributed by atoms with Crippen LogP contribution in [0.4, 0.5) is 5.69 Å². The predicted octanol–water partition coefficient (Wildman–Crippen LogP) is 5.13. The molecule has 0 saturated carbocycles. The van der Waals surface area contributed by atoms with Crippen molar-refractivity contribution in [2.24, 2.45) is 5.41 Å². The fourth-order valence-corrected chi connectivity index (χ4v) is 4.59. The molecule has 0 bridgehead atoms. The average molecular weight is 490 g/mol. The van der Waals surface area contributed by atoms with Crippen molar-refractivity contribution in [3.8, 4) is 17.0 Å². The summed E-state index contributed by atoms with van der Waals surface area (Å²) in [6.45, 7) is 10.4. The van der Waals surface area contributed by atoms with Crippen LogP contribution in [0.25, 0.3) is 11.3 Å². The van der Waals surface area contributed by atoms with Gasteiger partial charge in [0.15, 0.2) is 6.10 Å². The second-order valence-corrected chi connectivity index (χ2v) is 10.4. The number of piperidine rings is 1. The number of anilines is 1. The molecule has 7 heteroatoms. The Hall–Kier alpha value is -3.45. The van der Waals surface area contributed by atoms with Crippen molar-refractivity contribution >= 4 is 11.7 Å². The first kappa shape index (κ1) is 25.6. The lowest BCUT2D eigenvalue weighted by atomic mass is 9.82. The maximum Gasteiger partial charge on any atom is 0.337 e. The molecule has 1 atom stereocenters. The van der Waals surface area contributed by atoms with Gasteiger partial charge in [-0.2, -0.15) is 0 Å². The normalized spacial score (nSPS) is 16.0. The Morgan fingerprint density at radius 1 is 1.06 bits per heavy atom. The van der Waals surface area contributed by atoms with Crippen LogP contribution >= 0.6 is 0 Å². The summed E-state index contributed by atoms with van der Waals surface area (Å²) in [6.07, 6.45) is 4.49. The number of carbonyl (C=O) groups is 1. The largest absolute Gasteiger partial charge is 0.492 e. The van der Waals surface area contributed by atoms with Gasteiger partial charge >= 0.3 is 5.97 Å². The van der Waals surface area contributed by atoms with Crippen molar-refractivity contribution < 1.29 is 19.7 Å². The van der Waals surface area contributed by atoms with E-state index in [9.17, 15) is 15.0 Å². The minimum Gasteiger partial charge on any atom is -0.492 e. The van der Waals surface area contributed by atoms with Crippen LogP contribution in [0.5, 0.6) is 5.75 Å². The second kappa shape index (κ2) is 10.7. The summed E-state index contributed by atoms with van der Waals surface area (Å²) in [5.74, 6) is -0.626. The first-order valence-corrected chi connectivity index (χ1v) is 12.4. The highest BCUT2D eigenvalue weighted by molar-refractivity contribution is 5.85. The van der Waals surface area contributed by atoms with E-state index in [0.717, 1.165) is 32.4 Å². The number of carboxylic acid groups (broad SMARTS) is 1. The first-order valence-electron chi connectivity index (χ1n) is 12.4.